The maximum Gasteiger partial charge on any atom is 0.264 e. The van der Waals surface area contributed by atoms with Gasteiger partial charge in [-0.1, -0.05) is 0 Å². The van der Waals surface area contributed by atoms with Crippen molar-refractivity contribution >= 4 is 17.2 Å². The van der Waals surface area contributed by atoms with E-state index in [1.54, 1.807) is 7.11 Å². The minimum absolute atomic E-state index is 0.141. The number of piperazine rings is 1. The molecule has 20 heavy (non-hydrogen) atoms. The second kappa shape index (κ2) is 6.11. The molecule has 0 spiro atoms. The van der Waals surface area contributed by atoms with E-state index in [0.29, 0.717) is 6.04 Å². The summed E-state index contributed by atoms with van der Waals surface area (Å²) in [4.78, 5) is 17.7. The number of carbonyl (C=O) groups is 1. The molecule has 2 aliphatic rings. The molecule has 1 unspecified atom stereocenters. The Labute approximate surface area is 123 Å². The molecule has 1 aromatic rings. The molecule has 2 saturated heterocycles. The number of hydrogen-bond donors (Lipinski definition) is 1. The van der Waals surface area contributed by atoms with Crippen LogP contribution < -0.4 is 10.1 Å². The fourth-order valence-electron chi connectivity index (χ4n) is 2.94. The molecule has 5 nitrogen and oxygen atoms in total. The molecule has 2 fully saturated rings. The molecule has 0 bridgehead atoms. The monoisotopic (exact) mass is 295 g/mol. The van der Waals surface area contributed by atoms with Gasteiger partial charge in [0, 0.05) is 50.2 Å². The van der Waals surface area contributed by atoms with Crippen LogP contribution in [-0.2, 0) is 0 Å². The summed E-state index contributed by atoms with van der Waals surface area (Å²) in [6.45, 7) is 5.85. The summed E-state index contributed by atoms with van der Waals surface area (Å²) in [5, 5.41) is 5.29. The normalized spacial score (nSPS) is 24.1. The number of amides is 1. The van der Waals surface area contributed by atoms with E-state index >= 15 is 0 Å². The molecule has 6 heteroatoms. The summed E-state index contributed by atoms with van der Waals surface area (Å²) in [7, 11) is 1.63. The first-order valence-corrected chi connectivity index (χ1v) is 8.02. The fraction of sp³-hybridized carbons (Fsp3) is 0.643. The van der Waals surface area contributed by atoms with Gasteiger partial charge in [0.15, 0.2) is 0 Å². The highest BCUT2D eigenvalue weighted by Crippen LogP contribution is 2.23. The van der Waals surface area contributed by atoms with Gasteiger partial charge in [-0.2, -0.15) is 0 Å². The summed E-state index contributed by atoms with van der Waals surface area (Å²) in [5.74, 6) is 0.913. The van der Waals surface area contributed by atoms with Crippen LogP contribution in [0.4, 0.5) is 0 Å². The third-order valence-electron chi connectivity index (χ3n) is 4.17. The van der Waals surface area contributed by atoms with Crippen molar-refractivity contribution in [2.75, 3.05) is 46.4 Å². The lowest BCUT2D eigenvalue weighted by atomic mass is 10.2. The number of rotatable bonds is 3. The van der Waals surface area contributed by atoms with E-state index in [4.69, 9.17) is 4.74 Å². The summed E-state index contributed by atoms with van der Waals surface area (Å²) in [6.07, 6.45) is 1.23. The first kappa shape index (κ1) is 13.9. The standard InChI is InChI=1S/C14H21N3O2S/c1-19-12-8-13(20-10-12)14(18)17-6-4-16(5-7-17)11-2-3-15-9-11/h8,10-11,15H,2-7,9H2,1H3. The largest absolute Gasteiger partial charge is 0.496 e. The molecule has 2 aliphatic heterocycles. The van der Waals surface area contributed by atoms with Crippen LogP contribution in [0.3, 0.4) is 0 Å². The molecular weight excluding hydrogens is 274 g/mol. The molecule has 110 valence electrons. The van der Waals surface area contributed by atoms with Gasteiger partial charge in [0.25, 0.3) is 5.91 Å². The third kappa shape index (κ3) is 2.82. The van der Waals surface area contributed by atoms with Crippen molar-refractivity contribution in [1.29, 1.82) is 0 Å². The Balaban J connectivity index is 1.55. The molecule has 0 saturated carbocycles. The minimum Gasteiger partial charge on any atom is -0.496 e. The van der Waals surface area contributed by atoms with Crippen molar-refractivity contribution in [3.63, 3.8) is 0 Å². The summed E-state index contributed by atoms with van der Waals surface area (Å²) in [6, 6.07) is 2.49. The van der Waals surface area contributed by atoms with Gasteiger partial charge in [0.2, 0.25) is 0 Å². The molecule has 0 aliphatic carbocycles. The van der Waals surface area contributed by atoms with Crippen LogP contribution in [-0.4, -0.2) is 68.1 Å². The highest BCUT2D eigenvalue weighted by Gasteiger charge is 2.28. The van der Waals surface area contributed by atoms with E-state index in [0.717, 1.165) is 49.9 Å². The quantitative estimate of drug-likeness (QED) is 0.899. The van der Waals surface area contributed by atoms with E-state index < -0.39 is 0 Å². The molecule has 0 aromatic carbocycles. The Morgan fingerprint density at radius 3 is 2.80 bits per heavy atom. The zero-order chi connectivity index (χ0) is 13.9. The number of methoxy groups -OCH3 is 1. The van der Waals surface area contributed by atoms with Gasteiger partial charge >= 0.3 is 0 Å². The van der Waals surface area contributed by atoms with Crippen LogP contribution >= 0.6 is 11.3 Å². The van der Waals surface area contributed by atoms with Gasteiger partial charge in [-0.25, -0.2) is 0 Å². The zero-order valence-corrected chi connectivity index (χ0v) is 12.6. The average molecular weight is 295 g/mol. The maximum atomic E-state index is 12.4. The molecule has 3 rings (SSSR count). The number of nitrogens with one attached hydrogen (secondary N) is 1. The number of thiophene rings is 1. The Hall–Kier alpha value is -1.11. The lowest BCUT2D eigenvalue weighted by Crippen LogP contribution is -2.52. The van der Waals surface area contributed by atoms with Crippen molar-refractivity contribution in [3.05, 3.63) is 16.3 Å². The number of hydrogen-bond acceptors (Lipinski definition) is 5. The van der Waals surface area contributed by atoms with E-state index in [2.05, 4.69) is 10.2 Å². The van der Waals surface area contributed by atoms with E-state index in [9.17, 15) is 4.79 Å². The van der Waals surface area contributed by atoms with Crippen molar-refractivity contribution in [2.45, 2.75) is 12.5 Å². The van der Waals surface area contributed by atoms with Crippen molar-refractivity contribution in [2.24, 2.45) is 0 Å². The van der Waals surface area contributed by atoms with E-state index in [1.165, 1.54) is 17.8 Å². The minimum atomic E-state index is 0.141. The average Bonchev–Trinajstić information content (AvgIpc) is 3.18. The highest BCUT2D eigenvalue weighted by atomic mass is 32.1. The first-order chi connectivity index (χ1) is 9.78. The summed E-state index contributed by atoms with van der Waals surface area (Å²) >= 11 is 1.46. The Kier molecular flexibility index (Phi) is 4.24. The Morgan fingerprint density at radius 1 is 1.40 bits per heavy atom. The smallest absolute Gasteiger partial charge is 0.264 e. The molecule has 3 heterocycles. The van der Waals surface area contributed by atoms with Gasteiger partial charge in [-0.3, -0.25) is 9.69 Å². The van der Waals surface area contributed by atoms with Gasteiger partial charge in [-0.05, 0) is 13.0 Å². The predicted molar refractivity (Wildman–Crippen MR) is 79.6 cm³/mol. The molecule has 1 N–H and O–H groups in total. The van der Waals surface area contributed by atoms with Crippen molar-refractivity contribution in [3.8, 4) is 5.75 Å². The second-order valence-corrected chi connectivity index (χ2v) is 6.24. The Bertz CT molecular complexity index is 463. The van der Waals surface area contributed by atoms with E-state index in [1.807, 2.05) is 16.3 Å². The van der Waals surface area contributed by atoms with Crippen molar-refractivity contribution in [1.82, 2.24) is 15.1 Å². The summed E-state index contributed by atoms with van der Waals surface area (Å²) in [5.41, 5.74) is 0. The van der Waals surface area contributed by atoms with Gasteiger partial charge in [0.1, 0.15) is 5.75 Å². The third-order valence-corrected chi connectivity index (χ3v) is 5.07. The van der Waals surface area contributed by atoms with Crippen molar-refractivity contribution < 1.29 is 9.53 Å². The lowest BCUT2D eigenvalue weighted by Gasteiger charge is -2.37. The molecule has 1 amide bonds. The topological polar surface area (TPSA) is 44.8 Å². The molecule has 1 aromatic heterocycles. The highest BCUT2D eigenvalue weighted by molar-refractivity contribution is 7.12. The van der Waals surface area contributed by atoms with Gasteiger partial charge < -0.3 is 15.0 Å². The fourth-order valence-corrected chi connectivity index (χ4v) is 3.76. The predicted octanol–water partition coefficient (Wildman–Crippen LogP) is 0.876. The van der Waals surface area contributed by atoms with Gasteiger partial charge in [0.05, 0.1) is 12.0 Å². The second-order valence-electron chi connectivity index (χ2n) is 5.33. The zero-order valence-electron chi connectivity index (χ0n) is 11.8. The van der Waals surface area contributed by atoms with Crippen LogP contribution in [0.5, 0.6) is 5.75 Å². The van der Waals surface area contributed by atoms with E-state index in [-0.39, 0.29) is 5.91 Å². The molecule has 0 radical (unpaired) electrons. The van der Waals surface area contributed by atoms with Crippen LogP contribution in [0.1, 0.15) is 16.1 Å². The molecule has 1 atom stereocenters. The number of carbonyl (C=O) groups excluding carboxylic acids is 1. The van der Waals surface area contributed by atoms with Crippen LogP contribution in [0.15, 0.2) is 11.4 Å². The molecular formula is C14H21N3O2S. The Morgan fingerprint density at radius 2 is 2.20 bits per heavy atom. The lowest BCUT2D eigenvalue weighted by molar-refractivity contribution is 0.0588. The number of ether oxygens (including phenoxy) is 1. The van der Waals surface area contributed by atoms with Gasteiger partial charge in [-0.15, -0.1) is 11.3 Å². The van der Waals surface area contributed by atoms with Crippen LogP contribution in [0.25, 0.3) is 0 Å². The van der Waals surface area contributed by atoms with Crippen LogP contribution in [0.2, 0.25) is 0 Å². The first-order valence-electron chi connectivity index (χ1n) is 7.14. The van der Waals surface area contributed by atoms with Crippen LogP contribution in [0, 0.1) is 0 Å². The maximum absolute atomic E-state index is 12.4. The number of nitrogens with zero attached hydrogens (tertiary/aromatic N) is 2. The summed E-state index contributed by atoms with van der Waals surface area (Å²) < 4.78 is 5.14. The SMILES string of the molecule is COc1csc(C(=O)N2CCN(C3CCNC3)CC2)c1.